The average molecular weight is 410 g/mol. The van der Waals surface area contributed by atoms with E-state index < -0.39 is 0 Å². The molecule has 0 aliphatic heterocycles. The van der Waals surface area contributed by atoms with E-state index in [0.717, 1.165) is 14.0 Å². The Morgan fingerprint density at radius 2 is 1.94 bits per heavy atom. The van der Waals surface area contributed by atoms with Crippen molar-refractivity contribution in [2.24, 2.45) is 0 Å². The van der Waals surface area contributed by atoms with Gasteiger partial charge in [0.25, 0.3) is 0 Å². The lowest BCUT2D eigenvalue weighted by atomic mass is 10.1. The molecule has 96 valence electrons. The average Bonchev–Trinajstić information content (AvgIpc) is 2.65. The summed E-state index contributed by atoms with van der Waals surface area (Å²) in [6.07, 6.45) is 0. The molecular formula is C13H12Br2ClNS. The highest BCUT2D eigenvalue weighted by atomic mass is 79.9. The number of thiophene rings is 1. The van der Waals surface area contributed by atoms with Crippen LogP contribution in [0.2, 0.25) is 5.02 Å². The largest absolute Gasteiger partial charge is 0.309 e. The van der Waals surface area contributed by atoms with Gasteiger partial charge in [0.1, 0.15) is 0 Å². The van der Waals surface area contributed by atoms with Crippen molar-refractivity contribution in [3.8, 4) is 0 Å². The van der Waals surface area contributed by atoms with Crippen LogP contribution in [0.5, 0.6) is 0 Å². The first-order chi connectivity index (χ1) is 8.52. The standard InChI is InChI=1S/C13H12Br2ClNS/c1-7-9(14)6-12(18-7)13(17-2)8-3-4-11(16)10(15)5-8/h3-6,13,17H,1-2H3. The number of benzene rings is 1. The van der Waals surface area contributed by atoms with Gasteiger partial charge in [0.2, 0.25) is 0 Å². The first kappa shape index (κ1) is 14.5. The maximum atomic E-state index is 6.03. The predicted molar refractivity (Wildman–Crippen MR) is 86.8 cm³/mol. The normalized spacial score (nSPS) is 12.7. The summed E-state index contributed by atoms with van der Waals surface area (Å²) in [5, 5.41) is 4.08. The third-order valence-electron chi connectivity index (χ3n) is 2.73. The van der Waals surface area contributed by atoms with Gasteiger partial charge in [-0.1, -0.05) is 17.7 Å². The molecule has 0 spiro atoms. The lowest BCUT2D eigenvalue weighted by molar-refractivity contribution is 0.703. The summed E-state index contributed by atoms with van der Waals surface area (Å²) in [7, 11) is 1.97. The smallest absolute Gasteiger partial charge is 0.0669 e. The molecule has 0 fully saturated rings. The Hall–Kier alpha value is 0.130. The second kappa shape index (κ2) is 6.06. The van der Waals surface area contributed by atoms with E-state index in [9.17, 15) is 0 Å². The van der Waals surface area contributed by atoms with Crippen molar-refractivity contribution in [1.29, 1.82) is 0 Å². The predicted octanol–water partition coefficient (Wildman–Crippen LogP) is 5.54. The zero-order valence-corrected chi connectivity index (χ0v) is 14.7. The van der Waals surface area contributed by atoms with E-state index in [0.29, 0.717) is 0 Å². The molecule has 1 heterocycles. The van der Waals surface area contributed by atoms with Crippen LogP contribution < -0.4 is 5.32 Å². The Balaban J connectivity index is 2.41. The Morgan fingerprint density at radius 3 is 2.44 bits per heavy atom. The van der Waals surface area contributed by atoms with Crippen LogP contribution in [-0.4, -0.2) is 7.05 Å². The number of halogens is 3. The first-order valence-corrected chi connectivity index (χ1v) is 8.19. The van der Waals surface area contributed by atoms with Gasteiger partial charge in [-0.05, 0) is 69.6 Å². The Morgan fingerprint density at radius 1 is 1.22 bits per heavy atom. The monoisotopic (exact) mass is 407 g/mol. The van der Waals surface area contributed by atoms with Crippen molar-refractivity contribution in [3.05, 3.63) is 53.6 Å². The summed E-state index contributed by atoms with van der Waals surface area (Å²) in [5.74, 6) is 0. The summed E-state index contributed by atoms with van der Waals surface area (Å²) >= 11 is 14.9. The van der Waals surface area contributed by atoms with Gasteiger partial charge in [-0.3, -0.25) is 0 Å². The van der Waals surface area contributed by atoms with Gasteiger partial charge in [-0.2, -0.15) is 0 Å². The molecule has 1 aromatic heterocycles. The summed E-state index contributed by atoms with van der Waals surface area (Å²) in [6.45, 7) is 2.11. The SMILES string of the molecule is CNC(c1ccc(Cl)c(Br)c1)c1cc(Br)c(C)s1. The minimum absolute atomic E-state index is 0.188. The van der Waals surface area contributed by atoms with Crippen molar-refractivity contribution >= 4 is 54.8 Å². The molecule has 1 unspecified atom stereocenters. The Kier molecular flexibility index (Phi) is 4.89. The zero-order chi connectivity index (χ0) is 13.3. The molecule has 1 atom stereocenters. The molecule has 0 aliphatic rings. The molecule has 2 rings (SSSR count). The van der Waals surface area contributed by atoms with E-state index >= 15 is 0 Å². The van der Waals surface area contributed by atoms with Gasteiger partial charge in [0, 0.05) is 18.7 Å². The van der Waals surface area contributed by atoms with E-state index in [4.69, 9.17) is 11.6 Å². The molecule has 0 aliphatic carbocycles. The van der Waals surface area contributed by atoms with Crippen LogP contribution in [0.3, 0.4) is 0 Å². The van der Waals surface area contributed by atoms with Crippen LogP contribution in [0.25, 0.3) is 0 Å². The number of nitrogens with one attached hydrogen (secondary N) is 1. The number of hydrogen-bond donors (Lipinski definition) is 1. The molecule has 1 nitrogen and oxygen atoms in total. The molecule has 1 aromatic carbocycles. The number of rotatable bonds is 3. The van der Waals surface area contributed by atoms with Crippen LogP contribution in [0, 0.1) is 6.92 Å². The summed E-state index contributed by atoms with van der Waals surface area (Å²) in [4.78, 5) is 2.58. The van der Waals surface area contributed by atoms with Crippen LogP contribution in [0.1, 0.15) is 21.4 Å². The fraction of sp³-hybridized carbons (Fsp3) is 0.231. The fourth-order valence-corrected chi connectivity index (χ4v) is 4.00. The molecular weight excluding hydrogens is 397 g/mol. The molecule has 0 saturated heterocycles. The third kappa shape index (κ3) is 2.99. The Labute approximate surface area is 133 Å². The van der Waals surface area contributed by atoms with E-state index in [-0.39, 0.29) is 6.04 Å². The zero-order valence-electron chi connectivity index (χ0n) is 9.93. The Bertz CT molecular complexity index is 549. The molecule has 5 heteroatoms. The second-order valence-corrected chi connectivity index (χ2v) is 7.35. The highest BCUT2D eigenvalue weighted by molar-refractivity contribution is 9.10. The second-order valence-electron chi connectivity index (χ2n) is 3.95. The van der Waals surface area contributed by atoms with Crippen LogP contribution in [0.15, 0.2) is 33.2 Å². The summed E-state index contributed by atoms with van der Waals surface area (Å²) < 4.78 is 2.09. The summed E-state index contributed by atoms with van der Waals surface area (Å²) in [5.41, 5.74) is 1.20. The van der Waals surface area contributed by atoms with Crippen molar-refractivity contribution in [1.82, 2.24) is 5.32 Å². The molecule has 0 bridgehead atoms. The van der Waals surface area contributed by atoms with Crippen molar-refractivity contribution in [3.63, 3.8) is 0 Å². The van der Waals surface area contributed by atoms with Gasteiger partial charge < -0.3 is 5.32 Å². The van der Waals surface area contributed by atoms with Crippen LogP contribution in [0.4, 0.5) is 0 Å². The third-order valence-corrected chi connectivity index (χ3v) is 6.14. The van der Waals surface area contributed by atoms with Gasteiger partial charge in [0.15, 0.2) is 0 Å². The van der Waals surface area contributed by atoms with Crippen LogP contribution >= 0.6 is 54.8 Å². The van der Waals surface area contributed by atoms with Gasteiger partial charge in [0.05, 0.1) is 11.1 Å². The maximum Gasteiger partial charge on any atom is 0.0669 e. The van der Waals surface area contributed by atoms with Crippen molar-refractivity contribution in [2.45, 2.75) is 13.0 Å². The fourth-order valence-electron chi connectivity index (χ4n) is 1.79. The topological polar surface area (TPSA) is 12.0 Å². The van der Waals surface area contributed by atoms with Gasteiger partial charge in [-0.25, -0.2) is 0 Å². The molecule has 1 N–H and O–H groups in total. The van der Waals surface area contributed by atoms with E-state index in [2.05, 4.69) is 62.3 Å². The molecule has 0 radical (unpaired) electrons. The van der Waals surface area contributed by atoms with E-state index in [1.807, 2.05) is 13.1 Å². The minimum atomic E-state index is 0.188. The minimum Gasteiger partial charge on any atom is -0.309 e. The number of hydrogen-bond acceptors (Lipinski definition) is 2. The molecule has 18 heavy (non-hydrogen) atoms. The lowest BCUT2D eigenvalue weighted by Gasteiger charge is -2.15. The van der Waals surface area contributed by atoms with Crippen LogP contribution in [-0.2, 0) is 0 Å². The highest BCUT2D eigenvalue weighted by Crippen LogP contribution is 2.35. The molecule has 0 amide bonds. The number of aryl methyl sites for hydroxylation is 1. The van der Waals surface area contributed by atoms with Crippen molar-refractivity contribution < 1.29 is 0 Å². The highest BCUT2D eigenvalue weighted by Gasteiger charge is 2.16. The lowest BCUT2D eigenvalue weighted by Crippen LogP contribution is -2.16. The molecule has 0 saturated carbocycles. The quantitative estimate of drug-likeness (QED) is 0.701. The van der Waals surface area contributed by atoms with Crippen molar-refractivity contribution in [2.75, 3.05) is 7.05 Å². The van der Waals surface area contributed by atoms with Gasteiger partial charge >= 0.3 is 0 Å². The van der Waals surface area contributed by atoms with E-state index in [1.165, 1.54) is 15.3 Å². The first-order valence-electron chi connectivity index (χ1n) is 5.41. The van der Waals surface area contributed by atoms with Gasteiger partial charge in [-0.15, -0.1) is 11.3 Å². The summed E-state index contributed by atoms with van der Waals surface area (Å²) in [6, 6.07) is 8.39. The maximum absolute atomic E-state index is 6.03. The van der Waals surface area contributed by atoms with E-state index in [1.54, 1.807) is 11.3 Å². The molecule has 2 aromatic rings.